The van der Waals surface area contributed by atoms with E-state index in [-0.39, 0.29) is 18.7 Å². The van der Waals surface area contributed by atoms with Crippen molar-refractivity contribution < 1.29 is 9.84 Å². The Kier molecular flexibility index (Phi) is 8.36. The van der Waals surface area contributed by atoms with Crippen LogP contribution in [-0.4, -0.2) is 42.7 Å². The van der Waals surface area contributed by atoms with Gasteiger partial charge < -0.3 is 14.4 Å². The third-order valence-electron chi connectivity index (χ3n) is 5.03. The van der Waals surface area contributed by atoms with E-state index in [1.807, 2.05) is 30.3 Å². The van der Waals surface area contributed by atoms with Crippen LogP contribution >= 0.6 is 11.8 Å². The van der Waals surface area contributed by atoms with Gasteiger partial charge in [0.25, 0.3) is 5.56 Å². The van der Waals surface area contributed by atoms with Crippen LogP contribution in [0.15, 0.2) is 45.1 Å². The molecule has 168 valence electrons. The van der Waals surface area contributed by atoms with Crippen molar-refractivity contribution in [1.29, 1.82) is 0 Å². The molecule has 0 unspecified atom stereocenters. The number of para-hydroxylation sites is 1. The normalized spacial score (nSPS) is 12.4. The summed E-state index contributed by atoms with van der Waals surface area (Å²) in [4.78, 5) is 31.4. The van der Waals surface area contributed by atoms with Crippen LogP contribution < -0.4 is 16.0 Å². The van der Waals surface area contributed by atoms with E-state index in [0.717, 1.165) is 18.6 Å². The number of aryl methyl sites for hydroxylation is 1. The number of imidazole rings is 1. The van der Waals surface area contributed by atoms with Gasteiger partial charge in [0.15, 0.2) is 16.3 Å². The van der Waals surface area contributed by atoms with Crippen LogP contribution in [-0.2, 0) is 13.6 Å². The largest absolute Gasteiger partial charge is 0.491 e. The number of benzene rings is 1. The molecule has 9 heteroatoms. The Morgan fingerprint density at radius 3 is 2.65 bits per heavy atom. The van der Waals surface area contributed by atoms with Crippen LogP contribution in [0.4, 0.5) is 0 Å². The Morgan fingerprint density at radius 2 is 1.90 bits per heavy atom. The van der Waals surface area contributed by atoms with Gasteiger partial charge in [0, 0.05) is 12.8 Å². The van der Waals surface area contributed by atoms with Gasteiger partial charge in [-0.25, -0.2) is 9.78 Å². The van der Waals surface area contributed by atoms with E-state index < -0.39 is 17.4 Å². The summed E-state index contributed by atoms with van der Waals surface area (Å²) in [6.45, 7) is 2.41. The minimum atomic E-state index is -0.849. The number of nitrogens with zero attached hydrogens (tertiary/aromatic N) is 3. The quantitative estimate of drug-likeness (QED) is 0.328. The van der Waals surface area contributed by atoms with Crippen LogP contribution in [0.25, 0.3) is 11.2 Å². The first-order valence-corrected chi connectivity index (χ1v) is 11.7. The van der Waals surface area contributed by atoms with E-state index in [9.17, 15) is 14.7 Å². The van der Waals surface area contributed by atoms with Gasteiger partial charge in [-0.2, -0.15) is 0 Å². The summed E-state index contributed by atoms with van der Waals surface area (Å²) >= 11 is 1.54. The smallest absolute Gasteiger partial charge is 0.329 e. The number of aromatic nitrogens is 4. The number of H-pyrrole nitrogens is 1. The number of nitrogens with one attached hydrogen (secondary N) is 1. The lowest BCUT2D eigenvalue weighted by Gasteiger charge is -2.15. The maximum Gasteiger partial charge on any atom is 0.329 e. The second-order valence-corrected chi connectivity index (χ2v) is 8.60. The molecule has 3 rings (SSSR count). The molecule has 0 saturated heterocycles. The maximum atomic E-state index is 12.5. The standard InChI is InChI=1S/C22H30N4O4S/c1-3-4-5-6-10-13-31-22-23-19-18(20(28)24-21(29)25(19)2)26(22)14-16(27)15-30-17-11-8-7-9-12-17/h7-9,11-12,16,27H,3-6,10,13-15H2,1-2H3,(H,24,28,29)/t16-/m1/s1. The molecule has 8 nitrogen and oxygen atoms in total. The van der Waals surface area contributed by atoms with Gasteiger partial charge >= 0.3 is 5.69 Å². The fraction of sp³-hybridized carbons (Fsp3) is 0.500. The molecule has 1 aromatic carbocycles. The summed E-state index contributed by atoms with van der Waals surface area (Å²) in [6, 6.07) is 9.25. The topological polar surface area (TPSA) is 102 Å². The van der Waals surface area contributed by atoms with Crippen molar-refractivity contribution in [1.82, 2.24) is 19.1 Å². The molecule has 1 atom stereocenters. The van der Waals surface area contributed by atoms with Crippen molar-refractivity contribution in [2.45, 2.75) is 56.8 Å². The maximum absolute atomic E-state index is 12.5. The van der Waals surface area contributed by atoms with Crippen molar-refractivity contribution >= 4 is 22.9 Å². The van der Waals surface area contributed by atoms with Gasteiger partial charge in [-0.1, -0.05) is 62.6 Å². The van der Waals surface area contributed by atoms with Gasteiger partial charge in [-0.05, 0) is 18.6 Å². The van der Waals surface area contributed by atoms with Crippen LogP contribution in [0.1, 0.15) is 39.0 Å². The average molecular weight is 447 g/mol. The monoisotopic (exact) mass is 446 g/mol. The van der Waals surface area contributed by atoms with Crippen LogP contribution in [0.2, 0.25) is 0 Å². The van der Waals surface area contributed by atoms with E-state index in [1.165, 1.54) is 23.8 Å². The Morgan fingerprint density at radius 1 is 1.16 bits per heavy atom. The van der Waals surface area contributed by atoms with Crippen molar-refractivity contribution in [2.75, 3.05) is 12.4 Å². The number of aliphatic hydroxyl groups is 1. The molecule has 0 amide bonds. The number of thioether (sulfide) groups is 1. The predicted molar refractivity (Wildman–Crippen MR) is 123 cm³/mol. The summed E-state index contributed by atoms with van der Waals surface area (Å²) in [5, 5.41) is 11.2. The fourth-order valence-electron chi connectivity index (χ4n) is 3.34. The molecule has 2 N–H and O–H groups in total. The van der Waals surface area contributed by atoms with E-state index >= 15 is 0 Å². The zero-order valence-corrected chi connectivity index (χ0v) is 18.9. The minimum Gasteiger partial charge on any atom is -0.491 e. The molecular formula is C22H30N4O4S. The molecule has 3 aromatic rings. The molecule has 0 aliphatic rings. The average Bonchev–Trinajstić information content (AvgIpc) is 3.12. The number of ether oxygens (including phenoxy) is 1. The first-order chi connectivity index (χ1) is 15.0. The van der Waals surface area contributed by atoms with Gasteiger partial charge in [-0.3, -0.25) is 14.3 Å². The Bertz CT molecular complexity index is 1090. The highest BCUT2D eigenvalue weighted by Crippen LogP contribution is 2.23. The molecule has 0 spiro atoms. The zero-order valence-electron chi connectivity index (χ0n) is 18.0. The molecule has 0 fully saturated rings. The molecule has 31 heavy (non-hydrogen) atoms. The summed E-state index contributed by atoms with van der Waals surface area (Å²) in [5.74, 6) is 1.52. The second kappa shape index (κ2) is 11.2. The Hall–Kier alpha value is -2.52. The molecule has 2 heterocycles. The number of fused-ring (bicyclic) bond motifs is 1. The first kappa shape index (κ1) is 23.1. The third-order valence-corrected chi connectivity index (χ3v) is 6.09. The van der Waals surface area contributed by atoms with Crippen molar-refractivity contribution in [2.24, 2.45) is 7.05 Å². The molecule has 2 aromatic heterocycles. The Labute approximate surface area is 185 Å². The second-order valence-electron chi connectivity index (χ2n) is 7.54. The fourth-order valence-corrected chi connectivity index (χ4v) is 4.34. The number of hydrogen-bond donors (Lipinski definition) is 2. The number of aromatic amines is 1. The van der Waals surface area contributed by atoms with Crippen molar-refractivity contribution in [3.8, 4) is 5.75 Å². The third kappa shape index (κ3) is 6.01. The van der Waals surface area contributed by atoms with Crippen LogP contribution in [0.3, 0.4) is 0 Å². The van der Waals surface area contributed by atoms with Crippen molar-refractivity contribution in [3.63, 3.8) is 0 Å². The first-order valence-electron chi connectivity index (χ1n) is 10.7. The summed E-state index contributed by atoms with van der Waals surface area (Å²) in [5.41, 5.74) is -0.407. The Balaban J connectivity index is 1.78. The highest BCUT2D eigenvalue weighted by Gasteiger charge is 2.20. The number of rotatable bonds is 12. The lowest BCUT2D eigenvalue weighted by molar-refractivity contribution is 0.0914. The highest BCUT2D eigenvalue weighted by molar-refractivity contribution is 7.99. The van der Waals surface area contributed by atoms with E-state index in [4.69, 9.17) is 4.74 Å². The number of aliphatic hydroxyl groups excluding tert-OH is 1. The van der Waals surface area contributed by atoms with Crippen LogP contribution in [0.5, 0.6) is 5.75 Å². The van der Waals surface area contributed by atoms with Crippen molar-refractivity contribution in [3.05, 3.63) is 51.2 Å². The van der Waals surface area contributed by atoms with E-state index in [0.29, 0.717) is 16.6 Å². The minimum absolute atomic E-state index is 0.0779. The van der Waals surface area contributed by atoms with E-state index in [1.54, 1.807) is 23.4 Å². The van der Waals surface area contributed by atoms with Gasteiger partial charge in [-0.15, -0.1) is 0 Å². The highest BCUT2D eigenvalue weighted by atomic mass is 32.2. The predicted octanol–water partition coefficient (Wildman–Crippen LogP) is 2.93. The zero-order chi connectivity index (χ0) is 22.2. The van der Waals surface area contributed by atoms with Gasteiger partial charge in [0.1, 0.15) is 18.5 Å². The van der Waals surface area contributed by atoms with E-state index in [2.05, 4.69) is 16.9 Å². The SMILES string of the molecule is CCCCCCCSc1nc2c(c(=O)[nH]c(=O)n2C)n1C[C@@H](O)COc1ccccc1. The van der Waals surface area contributed by atoms with Gasteiger partial charge in [0.2, 0.25) is 0 Å². The number of unbranched alkanes of at least 4 members (excludes halogenated alkanes) is 4. The van der Waals surface area contributed by atoms with Crippen LogP contribution in [0, 0.1) is 0 Å². The summed E-state index contributed by atoms with van der Waals surface area (Å²) in [7, 11) is 1.58. The summed E-state index contributed by atoms with van der Waals surface area (Å²) in [6.07, 6.45) is 4.98. The molecule has 0 bridgehead atoms. The number of hydrogen-bond acceptors (Lipinski definition) is 6. The van der Waals surface area contributed by atoms with Gasteiger partial charge in [0.05, 0.1) is 6.54 Å². The summed E-state index contributed by atoms with van der Waals surface area (Å²) < 4.78 is 8.67. The molecule has 0 saturated carbocycles. The lowest BCUT2D eigenvalue weighted by atomic mass is 10.2. The lowest BCUT2D eigenvalue weighted by Crippen LogP contribution is -2.30. The molecule has 0 aliphatic carbocycles. The molecule has 0 radical (unpaired) electrons. The molecule has 0 aliphatic heterocycles. The molecular weight excluding hydrogens is 416 g/mol.